The lowest BCUT2D eigenvalue weighted by atomic mass is 9.91. The number of hydrogen-bond donors (Lipinski definition) is 1. The Balaban J connectivity index is 1.78. The number of amides is 1. The summed E-state index contributed by atoms with van der Waals surface area (Å²) >= 11 is 0. The van der Waals surface area contributed by atoms with Gasteiger partial charge in [0.1, 0.15) is 0 Å². The summed E-state index contributed by atoms with van der Waals surface area (Å²) in [5.74, 6) is 0.261. The van der Waals surface area contributed by atoms with Gasteiger partial charge in [-0.1, -0.05) is 29.8 Å². The number of nitrogens with zero attached hydrogens (tertiary/aromatic N) is 3. The smallest absolute Gasteiger partial charge is 0.228 e. The minimum atomic E-state index is -0.0133. The number of carbonyl (C=O) groups is 1. The Morgan fingerprint density at radius 2 is 2.05 bits per heavy atom. The van der Waals surface area contributed by atoms with Crippen molar-refractivity contribution in [2.75, 3.05) is 5.32 Å². The zero-order chi connectivity index (χ0) is 14.8. The molecule has 1 heterocycles. The van der Waals surface area contributed by atoms with Crippen molar-refractivity contribution in [2.24, 2.45) is 13.0 Å². The number of aryl methyl sites for hydroxylation is 1. The molecule has 0 spiro atoms. The molecule has 0 unspecified atom stereocenters. The second-order valence-corrected chi connectivity index (χ2v) is 5.68. The number of carbonyl (C=O) groups excluding carboxylic acids is 1. The first-order valence-electron chi connectivity index (χ1n) is 7.39. The summed E-state index contributed by atoms with van der Waals surface area (Å²) in [4.78, 5) is 12.6. The molecule has 0 bridgehead atoms. The van der Waals surface area contributed by atoms with E-state index < -0.39 is 0 Å². The second-order valence-electron chi connectivity index (χ2n) is 5.68. The fraction of sp³-hybridized carbons (Fsp3) is 0.438. The van der Waals surface area contributed by atoms with Gasteiger partial charge in [0.2, 0.25) is 5.91 Å². The third-order valence-electron chi connectivity index (χ3n) is 4.39. The van der Waals surface area contributed by atoms with Gasteiger partial charge in [0.25, 0.3) is 0 Å². The third-order valence-corrected chi connectivity index (χ3v) is 4.39. The Morgan fingerprint density at radius 1 is 1.29 bits per heavy atom. The van der Waals surface area contributed by atoms with Gasteiger partial charge in [-0.25, -0.2) is 0 Å². The van der Waals surface area contributed by atoms with Crippen LogP contribution in [0.1, 0.15) is 36.6 Å². The van der Waals surface area contributed by atoms with Gasteiger partial charge in [-0.3, -0.25) is 9.48 Å². The van der Waals surface area contributed by atoms with Crippen molar-refractivity contribution in [3.8, 4) is 0 Å². The third kappa shape index (κ3) is 2.68. The van der Waals surface area contributed by atoms with Crippen molar-refractivity contribution in [1.82, 2.24) is 15.0 Å². The standard InChI is InChI=1S/C16H20N4O/c1-11-15(18-19-20(11)2)13-9-6-10-14(13)16(21)17-12-7-4-3-5-8-12/h3-5,7-8,13-14H,6,9-10H2,1-2H3,(H,17,21)/t13-,14-/m0/s1. The molecule has 0 aliphatic heterocycles. The Morgan fingerprint density at radius 3 is 2.71 bits per heavy atom. The average Bonchev–Trinajstić information content (AvgIpc) is 3.08. The van der Waals surface area contributed by atoms with Crippen LogP contribution in [-0.4, -0.2) is 20.9 Å². The molecule has 0 saturated heterocycles. The summed E-state index contributed by atoms with van der Waals surface area (Å²) in [6.07, 6.45) is 2.99. The van der Waals surface area contributed by atoms with Crippen LogP contribution in [-0.2, 0) is 11.8 Å². The highest BCUT2D eigenvalue weighted by Crippen LogP contribution is 2.40. The molecular formula is C16H20N4O. The molecule has 1 aromatic carbocycles. The van der Waals surface area contributed by atoms with E-state index in [9.17, 15) is 4.79 Å². The van der Waals surface area contributed by atoms with Gasteiger partial charge in [-0.2, -0.15) is 0 Å². The van der Waals surface area contributed by atoms with Crippen LogP contribution in [0.25, 0.3) is 0 Å². The maximum Gasteiger partial charge on any atom is 0.228 e. The first-order chi connectivity index (χ1) is 10.2. The van der Waals surface area contributed by atoms with E-state index in [0.717, 1.165) is 36.3 Å². The molecule has 1 aliphatic carbocycles. The molecule has 2 aromatic rings. The van der Waals surface area contributed by atoms with E-state index in [1.54, 1.807) is 4.68 Å². The molecule has 1 saturated carbocycles. The van der Waals surface area contributed by atoms with Crippen LogP contribution in [0.15, 0.2) is 30.3 Å². The van der Waals surface area contributed by atoms with Crippen LogP contribution in [0.2, 0.25) is 0 Å². The summed E-state index contributed by atoms with van der Waals surface area (Å²) in [5, 5.41) is 11.4. The summed E-state index contributed by atoms with van der Waals surface area (Å²) in [6.45, 7) is 2.01. The van der Waals surface area contributed by atoms with Gasteiger partial charge in [0.05, 0.1) is 11.4 Å². The molecule has 1 N–H and O–H groups in total. The van der Waals surface area contributed by atoms with Crippen molar-refractivity contribution in [3.63, 3.8) is 0 Å². The number of rotatable bonds is 3. The lowest BCUT2D eigenvalue weighted by Gasteiger charge is -2.18. The maximum atomic E-state index is 12.6. The van der Waals surface area contributed by atoms with E-state index in [1.165, 1.54) is 0 Å². The zero-order valence-electron chi connectivity index (χ0n) is 12.4. The predicted molar refractivity (Wildman–Crippen MR) is 80.9 cm³/mol. The highest BCUT2D eigenvalue weighted by atomic mass is 16.1. The van der Waals surface area contributed by atoms with E-state index in [2.05, 4.69) is 15.6 Å². The molecule has 5 heteroatoms. The van der Waals surface area contributed by atoms with Gasteiger partial charge >= 0.3 is 0 Å². The highest BCUT2D eigenvalue weighted by Gasteiger charge is 2.36. The van der Waals surface area contributed by atoms with E-state index in [1.807, 2.05) is 44.3 Å². The summed E-state index contributed by atoms with van der Waals surface area (Å²) in [7, 11) is 1.89. The number of aromatic nitrogens is 3. The van der Waals surface area contributed by atoms with Crippen molar-refractivity contribution in [3.05, 3.63) is 41.7 Å². The van der Waals surface area contributed by atoms with Crippen LogP contribution < -0.4 is 5.32 Å². The normalized spacial score (nSPS) is 21.4. The number of nitrogens with one attached hydrogen (secondary N) is 1. The van der Waals surface area contributed by atoms with Gasteiger partial charge < -0.3 is 5.32 Å². The fourth-order valence-electron chi connectivity index (χ4n) is 3.12. The molecular weight excluding hydrogens is 264 g/mol. The molecule has 1 amide bonds. The van der Waals surface area contributed by atoms with Gasteiger partial charge in [-0.05, 0) is 31.9 Å². The summed E-state index contributed by atoms with van der Waals surface area (Å²) in [6, 6.07) is 9.62. The Bertz CT molecular complexity index is 635. The van der Waals surface area contributed by atoms with E-state index >= 15 is 0 Å². The molecule has 1 aliphatic rings. The van der Waals surface area contributed by atoms with Gasteiger partial charge in [-0.15, -0.1) is 5.10 Å². The van der Waals surface area contributed by atoms with Gasteiger partial charge in [0.15, 0.2) is 0 Å². The zero-order valence-corrected chi connectivity index (χ0v) is 12.4. The minimum absolute atomic E-state index is 0.0133. The first-order valence-corrected chi connectivity index (χ1v) is 7.39. The first kappa shape index (κ1) is 13.8. The van der Waals surface area contributed by atoms with E-state index in [-0.39, 0.29) is 17.7 Å². The number of hydrogen-bond acceptors (Lipinski definition) is 3. The molecule has 2 atom stereocenters. The molecule has 3 rings (SSSR count). The summed E-state index contributed by atoms with van der Waals surface area (Å²) in [5.41, 5.74) is 2.88. The van der Waals surface area contributed by atoms with E-state index in [0.29, 0.717) is 0 Å². The monoisotopic (exact) mass is 284 g/mol. The fourth-order valence-corrected chi connectivity index (χ4v) is 3.12. The highest BCUT2D eigenvalue weighted by molar-refractivity contribution is 5.93. The minimum Gasteiger partial charge on any atom is -0.326 e. The number of anilines is 1. The molecule has 110 valence electrons. The average molecular weight is 284 g/mol. The molecule has 1 aromatic heterocycles. The van der Waals surface area contributed by atoms with Crippen molar-refractivity contribution < 1.29 is 4.79 Å². The topological polar surface area (TPSA) is 59.8 Å². The second kappa shape index (κ2) is 5.68. The Labute approximate surface area is 124 Å². The van der Waals surface area contributed by atoms with Crippen LogP contribution in [0.4, 0.5) is 5.69 Å². The Kier molecular flexibility index (Phi) is 3.73. The van der Waals surface area contributed by atoms with Crippen LogP contribution >= 0.6 is 0 Å². The van der Waals surface area contributed by atoms with Crippen molar-refractivity contribution in [2.45, 2.75) is 32.1 Å². The molecule has 5 nitrogen and oxygen atoms in total. The van der Waals surface area contributed by atoms with Crippen molar-refractivity contribution >= 4 is 11.6 Å². The van der Waals surface area contributed by atoms with Crippen LogP contribution in [0.3, 0.4) is 0 Å². The SMILES string of the molecule is Cc1c([C@H]2CCC[C@@H]2C(=O)Nc2ccccc2)nnn1C. The molecule has 1 fully saturated rings. The molecule has 0 radical (unpaired) electrons. The Hall–Kier alpha value is -2.17. The van der Waals surface area contributed by atoms with E-state index in [4.69, 9.17) is 0 Å². The quantitative estimate of drug-likeness (QED) is 0.942. The van der Waals surface area contributed by atoms with Crippen LogP contribution in [0.5, 0.6) is 0 Å². The van der Waals surface area contributed by atoms with Crippen LogP contribution in [0, 0.1) is 12.8 Å². The largest absolute Gasteiger partial charge is 0.326 e. The van der Waals surface area contributed by atoms with Crippen molar-refractivity contribution in [1.29, 1.82) is 0 Å². The lowest BCUT2D eigenvalue weighted by Crippen LogP contribution is -2.25. The lowest BCUT2D eigenvalue weighted by molar-refractivity contribution is -0.120. The van der Waals surface area contributed by atoms with Gasteiger partial charge in [0, 0.05) is 24.6 Å². The number of para-hydroxylation sites is 1. The number of benzene rings is 1. The predicted octanol–water partition coefficient (Wildman–Crippen LogP) is 2.65. The maximum absolute atomic E-state index is 12.6. The molecule has 21 heavy (non-hydrogen) atoms. The summed E-state index contributed by atoms with van der Waals surface area (Å²) < 4.78 is 1.78.